The molecule has 1 aliphatic rings. The van der Waals surface area contributed by atoms with Gasteiger partial charge in [0.25, 0.3) is 5.56 Å². The molecule has 0 aliphatic heterocycles. The topological polar surface area (TPSA) is 55.0 Å². The van der Waals surface area contributed by atoms with E-state index in [1.54, 1.807) is 7.11 Å². The van der Waals surface area contributed by atoms with Crippen LogP contribution in [-0.4, -0.2) is 22.3 Å². The molecular formula is C12H18N2O2S. The van der Waals surface area contributed by atoms with Crippen molar-refractivity contribution in [3.8, 4) is 0 Å². The fourth-order valence-corrected chi connectivity index (χ4v) is 3.30. The standard InChI is InChI=1S/C12H18N2O2S/c1-16-7-9-6-12(15)14-11(13-9)8-17-10-4-2-3-5-10/h6,10H,2-5,7-8H2,1H3,(H,13,14,15). The molecule has 5 heteroatoms. The predicted octanol–water partition coefficient (Wildman–Crippen LogP) is 2.09. The van der Waals surface area contributed by atoms with Crippen molar-refractivity contribution in [2.45, 2.75) is 43.3 Å². The summed E-state index contributed by atoms with van der Waals surface area (Å²) in [7, 11) is 1.61. The van der Waals surface area contributed by atoms with E-state index >= 15 is 0 Å². The quantitative estimate of drug-likeness (QED) is 0.874. The molecule has 1 aliphatic carbocycles. The number of thioether (sulfide) groups is 1. The van der Waals surface area contributed by atoms with E-state index in [1.165, 1.54) is 31.7 Å². The van der Waals surface area contributed by atoms with E-state index in [4.69, 9.17) is 4.74 Å². The van der Waals surface area contributed by atoms with Gasteiger partial charge in [-0.25, -0.2) is 4.98 Å². The zero-order valence-electron chi connectivity index (χ0n) is 10.1. The zero-order chi connectivity index (χ0) is 12.1. The molecule has 1 heterocycles. The summed E-state index contributed by atoms with van der Waals surface area (Å²) in [5.74, 6) is 1.55. The summed E-state index contributed by atoms with van der Waals surface area (Å²) < 4.78 is 4.99. The lowest BCUT2D eigenvalue weighted by Crippen LogP contribution is -2.13. The third-order valence-electron chi connectivity index (χ3n) is 2.89. The first-order valence-electron chi connectivity index (χ1n) is 5.97. The Morgan fingerprint density at radius 2 is 2.29 bits per heavy atom. The maximum absolute atomic E-state index is 11.4. The second-order valence-electron chi connectivity index (χ2n) is 4.33. The summed E-state index contributed by atoms with van der Waals surface area (Å²) >= 11 is 1.90. The van der Waals surface area contributed by atoms with Gasteiger partial charge in [-0.05, 0) is 12.8 Å². The van der Waals surface area contributed by atoms with Crippen LogP contribution in [0.3, 0.4) is 0 Å². The van der Waals surface area contributed by atoms with E-state index in [1.807, 2.05) is 11.8 Å². The van der Waals surface area contributed by atoms with Gasteiger partial charge in [0.15, 0.2) is 0 Å². The fourth-order valence-electron chi connectivity index (χ4n) is 2.11. The first kappa shape index (κ1) is 12.6. The number of hydrogen-bond donors (Lipinski definition) is 1. The number of ether oxygens (including phenoxy) is 1. The number of aromatic amines is 1. The van der Waals surface area contributed by atoms with E-state index in [0.717, 1.165) is 16.8 Å². The Hall–Kier alpha value is -0.810. The van der Waals surface area contributed by atoms with Crippen molar-refractivity contribution in [1.29, 1.82) is 0 Å². The van der Waals surface area contributed by atoms with Crippen molar-refractivity contribution in [3.63, 3.8) is 0 Å². The molecule has 2 rings (SSSR count). The molecular weight excluding hydrogens is 236 g/mol. The molecule has 0 radical (unpaired) electrons. The van der Waals surface area contributed by atoms with Gasteiger partial charge in [-0.3, -0.25) is 4.79 Å². The monoisotopic (exact) mass is 254 g/mol. The lowest BCUT2D eigenvalue weighted by atomic mass is 10.4. The minimum atomic E-state index is -0.0888. The summed E-state index contributed by atoms with van der Waals surface area (Å²) in [6, 6.07) is 1.49. The van der Waals surface area contributed by atoms with Crippen molar-refractivity contribution in [2.75, 3.05) is 7.11 Å². The van der Waals surface area contributed by atoms with Gasteiger partial charge >= 0.3 is 0 Å². The van der Waals surface area contributed by atoms with Gasteiger partial charge in [-0.1, -0.05) is 12.8 Å². The van der Waals surface area contributed by atoms with Gasteiger partial charge in [-0.2, -0.15) is 11.8 Å². The Morgan fingerprint density at radius 1 is 1.53 bits per heavy atom. The van der Waals surface area contributed by atoms with Crippen molar-refractivity contribution >= 4 is 11.8 Å². The largest absolute Gasteiger partial charge is 0.378 e. The number of H-pyrrole nitrogens is 1. The van der Waals surface area contributed by atoms with Crippen LogP contribution in [0.15, 0.2) is 10.9 Å². The number of hydrogen-bond acceptors (Lipinski definition) is 4. The van der Waals surface area contributed by atoms with E-state index in [9.17, 15) is 4.79 Å². The summed E-state index contributed by atoms with van der Waals surface area (Å²) in [6.07, 6.45) is 5.27. The Balaban J connectivity index is 1.96. The highest BCUT2D eigenvalue weighted by molar-refractivity contribution is 7.99. The molecule has 0 spiro atoms. The van der Waals surface area contributed by atoms with Crippen molar-refractivity contribution in [3.05, 3.63) is 27.9 Å². The SMILES string of the molecule is COCc1cc(=O)[nH]c(CSC2CCCC2)n1. The van der Waals surface area contributed by atoms with E-state index in [2.05, 4.69) is 9.97 Å². The molecule has 17 heavy (non-hydrogen) atoms. The third kappa shape index (κ3) is 3.85. The zero-order valence-corrected chi connectivity index (χ0v) is 10.9. The van der Waals surface area contributed by atoms with Crippen LogP contribution in [0.4, 0.5) is 0 Å². The third-order valence-corrected chi connectivity index (χ3v) is 4.28. The summed E-state index contributed by atoms with van der Waals surface area (Å²) in [6.45, 7) is 0.394. The van der Waals surface area contributed by atoms with Crippen LogP contribution in [0.25, 0.3) is 0 Å². The molecule has 0 saturated heterocycles. The normalized spacial score (nSPS) is 16.5. The lowest BCUT2D eigenvalue weighted by molar-refractivity contribution is 0.181. The number of methoxy groups -OCH3 is 1. The molecule has 4 nitrogen and oxygen atoms in total. The van der Waals surface area contributed by atoms with Crippen molar-refractivity contribution < 1.29 is 4.74 Å². The molecule has 1 aromatic heterocycles. The van der Waals surface area contributed by atoms with Crippen molar-refractivity contribution in [2.24, 2.45) is 0 Å². The maximum Gasteiger partial charge on any atom is 0.251 e. The molecule has 94 valence electrons. The molecule has 0 unspecified atom stereocenters. The minimum absolute atomic E-state index is 0.0888. The lowest BCUT2D eigenvalue weighted by Gasteiger charge is -2.08. The smallest absolute Gasteiger partial charge is 0.251 e. The molecule has 1 N–H and O–H groups in total. The van der Waals surface area contributed by atoms with Crippen LogP contribution in [-0.2, 0) is 17.1 Å². The predicted molar refractivity (Wildman–Crippen MR) is 69.1 cm³/mol. The maximum atomic E-state index is 11.4. The van der Waals surface area contributed by atoms with Crippen LogP contribution in [0.5, 0.6) is 0 Å². The van der Waals surface area contributed by atoms with Gasteiger partial charge in [0.2, 0.25) is 0 Å². The van der Waals surface area contributed by atoms with Gasteiger partial charge in [0, 0.05) is 18.4 Å². The molecule has 0 atom stereocenters. The Bertz CT molecular complexity index is 413. The fraction of sp³-hybridized carbons (Fsp3) is 0.667. The number of nitrogens with zero attached hydrogens (tertiary/aromatic N) is 1. The second kappa shape index (κ2) is 6.21. The van der Waals surface area contributed by atoms with Crippen LogP contribution < -0.4 is 5.56 Å². The van der Waals surface area contributed by atoms with Gasteiger partial charge in [-0.15, -0.1) is 0 Å². The highest BCUT2D eigenvalue weighted by Crippen LogP contribution is 2.30. The van der Waals surface area contributed by atoms with Gasteiger partial charge in [0.1, 0.15) is 5.82 Å². The molecule has 0 amide bonds. The second-order valence-corrected chi connectivity index (χ2v) is 5.62. The Labute approximate surface area is 105 Å². The average Bonchev–Trinajstić information content (AvgIpc) is 2.79. The van der Waals surface area contributed by atoms with E-state index in [0.29, 0.717) is 12.3 Å². The van der Waals surface area contributed by atoms with Crippen LogP contribution in [0.1, 0.15) is 37.2 Å². The molecule has 0 aromatic carbocycles. The molecule has 1 aromatic rings. The van der Waals surface area contributed by atoms with Crippen LogP contribution >= 0.6 is 11.8 Å². The Morgan fingerprint density at radius 3 is 3.00 bits per heavy atom. The first-order valence-corrected chi connectivity index (χ1v) is 7.02. The summed E-state index contributed by atoms with van der Waals surface area (Å²) in [5.41, 5.74) is 0.618. The highest BCUT2D eigenvalue weighted by atomic mass is 32.2. The first-order chi connectivity index (χ1) is 8.28. The number of nitrogens with one attached hydrogen (secondary N) is 1. The number of rotatable bonds is 5. The Kier molecular flexibility index (Phi) is 4.62. The van der Waals surface area contributed by atoms with Crippen LogP contribution in [0.2, 0.25) is 0 Å². The van der Waals surface area contributed by atoms with Crippen molar-refractivity contribution in [1.82, 2.24) is 9.97 Å². The molecule has 1 saturated carbocycles. The van der Waals surface area contributed by atoms with Gasteiger partial charge < -0.3 is 9.72 Å². The highest BCUT2D eigenvalue weighted by Gasteiger charge is 2.15. The number of aromatic nitrogens is 2. The molecule has 1 fully saturated rings. The minimum Gasteiger partial charge on any atom is -0.378 e. The van der Waals surface area contributed by atoms with Crippen LogP contribution in [0, 0.1) is 0 Å². The summed E-state index contributed by atoms with van der Waals surface area (Å²) in [4.78, 5) is 18.6. The van der Waals surface area contributed by atoms with E-state index < -0.39 is 0 Å². The van der Waals surface area contributed by atoms with Gasteiger partial charge in [0.05, 0.1) is 18.1 Å². The van der Waals surface area contributed by atoms with E-state index in [-0.39, 0.29) is 5.56 Å². The summed E-state index contributed by atoms with van der Waals surface area (Å²) in [5, 5.41) is 0.742. The average molecular weight is 254 g/mol. The molecule has 0 bridgehead atoms.